The van der Waals surface area contributed by atoms with E-state index in [1.807, 2.05) is 56.3 Å². The SMILES string of the molecule is Cc1cc(C)cc(OCc2nnc(SC(C(=O)N(C)C)c3ccccc3)n2N)c1. The molecule has 152 valence electrons. The lowest BCUT2D eigenvalue weighted by atomic mass is 10.1. The van der Waals surface area contributed by atoms with Gasteiger partial charge in [0.05, 0.1) is 0 Å². The van der Waals surface area contributed by atoms with E-state index in [0.29, 0.717) is 11.0 Å². The minimum absolute atomic E-state index is 0.0442. The van der Waals surface area contributed by atoms with E-state index in [9.17, 15) is 4.79 Å². The van der Waals surface area contributed by atoms with Crippen molar-refractivity contribution in [2.45, 2.75) is 30.9 Å². The Morgan fingerprint density at radius 3 is 2.41 bits per heavy atom. The number of nitrogens with zero attached hydrogens (tertiary/aromatic N) is 4. The van der Waals surface area contributed by atoms with E-state index in [1.165, 1.54) is 16.4 Å². The third-order valence-electron chi connectivity index (χ3n) is 4.29. The van der Waals surface area contributed by atoms with Gasteiger partial charge >= 0.3 is 0 Å². The number of nitrogen functional groups attached to an aromatic ring is 1. The van der Waals surface area contributed by atoms with Crippen LogP contribution in [0.2, 0.25) is 0 Å². The molecule has 2 N–H and O–H groups in total. The summed E-state index contributed by atoms with van der Waals surface area (Å²) in [4.78, 5) is 14.3. The van der Waals surface area contributed by atoms with Crippen molar-refractivity contribution in [2.24, 2.45) is 0 Å². The smallest absolute Gasteiger partial charge is 0.240 e. The van der Waals surface area contributed by atoms with Crippen LogP contribution in [0.1, 0.15) is 27.8 Å². The van der Waals surface area contributed by atoms with Gasteiger partial charge in [0.25, 0.3) is 0 Å². The summed E-state index contributed by atoms with van der Waals surface area (Å²) in [6.45, 7) is 4.22. The van der Waals surface area contributed by atoms with Gasteiger partial charge in [0.1, 0.15) is 17.6 Å². The van der Waals surface area contributed by atoms with Gasteiger partial charge in [-0.25, -0.2) is 4.68 Å². The first kappa shape index (κ1) is 20.7. The molecule has 2 aromatic carbocycles. The van der Waals surface area contributed by atoms with Crippen molar-refractivity contribution in [3.8, 4) is 5.75 Å². The number of carbonyl (C=O) groups is 1. The normalized spacial score (nSPS) is 11.9. The van der Waals surface area contributed by atoms with Crippen molar-refractivity contribution >= 4 is 17.7 Å². The highest BCUT2D eigenvalue weighted by molar-refractivity contribution is 8.00. The summed E-state index contributed by atoms with van der Waals surface area (Å²) in [7, 11) is 3.46. The lowest BCUT2D eigenvalue weighted by molar-refractivity contribution is -0.128. The highest BCUT2D eigenvalue weighted by Crippen LogP contribution is 2.35. The van der Waals surface area contributed by atoms with Crippen LogP contribution in [0, 0.1) is 13.8 Å². The topological polar surface area (TPSA) is 86.3 Å². The zero-order chi connectivity index (χ0) is 21.0. The summed E-state index contributed by atoms with van der Waals surface area (Å²) in [5.74, 6) is 7.39. The Morgan fingerprint density at radius 1 is 1.14 bits per heavy atom. The van der Waals surface area contributed by atoms with E-state index in [4.69, 9.17) is 10.6 Å². The number of carbonyl (C=O) groups excluding carboxylic acids is 1. The van der Waals surface area contributed by atoms with Crippen molar-refractivity contribution in [3.05, 3.63) is 71.0 Å². The fourth-order valence-corrected chi connectivity index (χ4v) is 4.00. The van der Waals surface area contributed by atoms with E-state index in [1.54, 1.807) is 19.0 Å². The molecule has 8 heteroatoms. The Morgan fingerprint density at radius 2 is 1.79 bits per heavy atom. The minimum Gasteiger partial charge on any atom is -0.486 e. The molecule has 0 radical (unpaired) electrons. The number of benzene rings is 2. The first-order valence-corrected chi connectivity index (χ1v) is 10.1. The fourth-order valence-electron chi connectivity index (χ4n) is 2.88. The number of hydrogen-bond donors (Lipinski definition) is 1. The summed E-state index contributed by atoms with van der Waals surface area (Å²) >= 11 is 1.27. The third kappa shape index (κ3) is 5.08. The molecular weight excluding hydrogens is 386 g/mol. The van der Waals surface area contributed by atoms with Crippen molar-refractivity contribution in [3.63, 3.8) is 0 Å². The van der Waals surface area contributed by atoms with E-state index in [2.05, 4.69) is 16.3 Å². The number of likely N-dealkylation sites (N-methyl/N-ethyl adjacent to an activating group) is 1. The molecule has 1 unspecified atom stereocenters. The molecule has 0 aliphatic heterocycles. The maximum absolute atomic E-state index is 12.7. The molecule has 0 fully saturated rings. The predicted octanol–water partition coefficient (Wildman–Crippen LogP) is 3.11. The van der Waals surface area contributed by atoms with Gasteiger partial charge in [-0.15, -0.1) is 10.2 Å². The van der Waals surface area contributed by atoms with Gasteiger partial charge in [0.2, 0.25) is 11.1 Å². The maximum atomic E-state index is 12.7. The van der Waals surface area contributed by atoms with E-state index in [-0.39, 0.29) is 12.5 Å². The zero-order valence-corrected chi connectivity index (χ0v) is 17.8. The van der Waals surface area contributed by atoms with E-state index >= 15 is 0 Å². The molecule has 0 saturated heterocycles. The molecule has 1 aromatic heterocycles. The van der Waals surface area contributed by atoms with Crippen LogP contribution in [0.25, 0.3) is 0 Å². The molecule has 0 bridgehead atoms. The van der Waals surface area contributed by atoms with Crippen LogP contribution in [0.3, 0.4) is 0 Å². The van der Waals surface area contributed by atoms with Gasteiger partial charge in [-0.05, 0) is 42.7 Å². The number of aryl methyl sites for hydroxylation is 2. The summed E-state index contributed by atoms with van der Waals surface area (Å²) in [5.41, 5.74) is 3.13. The van der Waals surface area contributed by atoms with Crippen molar-refractivity contribution in [2.75, 3.05) is 19.9 Å². The van der Waals surface area contributed by atoms with Crippen LogP contribution in [-0.2, 0) is 11.4 Å². The minimum atomic E-state index is -0.467. The average Bonchev–Trinajstić information content (AvgIpc) is 3.03. The van der Waals surface area contributed by atoms with Crippen LogP contribution in [0.15, 0.2) is 53.7 Å². The van der Waals surface area contributed by atoms with E-state index in [0.717, 1.165) is 22.4 Å². The molecule has 0 spiro atoms. The number of rotatable bonds is 7. The lowest BCUT2D eigenvalue weighted by Gasteiger charge is -2.20. The molecule has 1 heterocycles. The largest absolute Gasteiger partial charge is 0.486 e. The molecule has 0 aliphatic rings. The summed E-state index contributed by atoms with van der Waals surface area (Å²) < 4.78 is 7.22. The van der Waals surface area contributed by atoms with Gasteiger partial charge in [0.15, 0.2) is 5.82 Å². The molecular formula is C21H25N5O2S. The Labute approximate surface area is 174 Å². The molecule has 7 nitrogen and oxygen atoms in total. The van der Waals surface area contributed by atoms with Crippen molar-refractivity contribution in [1.29, 1.82) is 0 Å². The number of hydrogen-bond acceptors (Lipinski definition) is 6. The van der Waals surface area contributed by atoms with Gasteiger partial charge < -0.3 is 15.5 Å². The van der Waals surface area contributed by atoms with E-state index < -0.39 is 5.25 Å². The van der Waals surface area contributed by atoms with Gasteiger partial charge in [0, 0.05) is 14.1 Å². The number of amides is 1. The van der Waals surface area contributed by atoms with Crippen molar-refractivity contribution in [1.82, 2.24) is 19.8 Å². The molecule has 0 saturated carbocycles. The second kappa shape index (κ2) is 9.00. The highest BCUT2D eigenvalue weighted by Gasteiger charge is 2.26. The van der Waals surface area contributed by atoms with Gasteiger partial charge in [-0.3, -0.25) is 4.79 Å². The Kier molecular flexibility index (Phi) is 6.43. The van der Waals surface area contributed by atoms with Crippen LogP contribution < -0.4 is 10.6 Å². The number of ether oxygens (including phenoxy) is 1. The van der Waals surface area contributed by atoms with Gasteiger partial charge in [-0.2, -0.15) is 0 Å². The summed E-state index contributed by atoms with van der Waals surface area (Å²) in [6.07, 6.45) is 0. The average molecular weight is 412 g/mol. The highest BCUT2D eigenvalue weighted by atomic mass is 32.2. The number of thioether (sulfide) groups is 1. The summed E-state index contributed by atoms with van der Waals surface area (Å²) in [5, 5.41) is 8.30. The molecule has 3 rings (SSSR count). The lowest BCUT2D eigenvalue weighted by Crippen LogP contribution is -2.27. The zero-order valence-electron chi connectivity index (χ0n) is 17.0. The Bertz CT molecular complexity index is 968. The molecule has 29 heavy (non-hydrogen) atoms. The number of aromatic nitrogens is 3. The molecule has 1 amide bonds. The first-order chi connectivity index (χ1) is 13.8. The molecule has 0 aliphatic carbocycles. The Balaban J connectivity index is 1.77. The van der Waals surface area contributed by atoms with Crippen LogP contribution >= 0.6 is 11.8 Å². The predicted molar refractivity (Wildman–Crippen MR) is 114 cm³/mol. The quantitative estimate of drug-likeness (QED) is 0.475. The van der Waals surface area contributed by atoms with Crippen LogP contribution in [-0.4, -0.2) is 39.8 Å². The summed E-state index contributed by atoms with van der Waals surface area (Å²) in [6, 6.07) is 15.6. The standard InChI is InChI=1S/C21H25N5O2S/c1-14-10-15(2)12-17(11-14)28-13-18-23-24-21(26(18)22)29-19(20(27)25(3)4)16-8-6-5-7-9-16/h5-12,19H,13,22H2,1-4H3. The molecule has 1 atom stereocenters. The van der Waals surface area contributed by atoms with Crippen molar-refractivity contribution < 1.29 is 9.53 Å². The second-order valence-electron chi connectivity index (χ2n) is 7.02. The van der Waals surface area contributed by atoms with Gasteiger partial charge in [-0.1, -0.05) is 48.2 Å². The third-order valence-corrected chi connectivity index (χ3v) is 5.49. The maximum Gasteiger partial charge on any atom is 0.240 e. The fraction of sp³-hybridized carbons (Fsp3) is 0.286. The second-order valence-corrected chi connectivity index (χ2v) is 8.09. The molecule has 3 aromatic rings. The monoisotopic (exact) mass is 411 g/mol. The van der Waals surface area contributed by atoms with Crippen LogP contribution in [0.4, 0.5) is 0 Å². The first-order valence-electron chi connectivity index (χ1n) is 9.18. The number of nitrogens with two attached hydrogens (primary N) is 1. The van der Waals surface area contributed by atoms with Crippen LogP contribution in [0.5, 0.6) is 5.75 Å². The Hall–Kier alpha value is -3.00.